The lowest BCUT2D eigenvalue weighted by Gasteiger charge is -2.13. The van der Waals surface area contributed by atoms with E-state index in [1.165, 1.54) is 16.7 Å². The smallest absolute Gasteiger partial charge is 0.124 e. The fraction of sp³-hybridized carbons (Fsp3) is 0.167. The molecule has 0 bridgehead atoms. The van der Waals surface area contributed by atoms with E-state index in [-0.39, 0.29) is 5.84 Å². The van der Waals surface area contributed by atoms with Crippen molar-refractivity contribution in [1.82, 2.24) is 0 Å². The summed E-state index contributed by atoms with van der Waals surface area (Å²) in [6.45, 7) is 6.24. The number of aryl methyl sites for hydroxylation is 3. The largest absolute Gasteiger partial charge is 0.384 e. The van der Waals surface area contributed by atoms with Crippen molar-refractivity contribution in [3.05, 3.63) is 70.9 Å². The summed E-state index contributed by atoms with van der Waals surface area (Å²) in [5.74, 6) is 0.0520. The SMILES string of the molecule is Cc1cc(C)c(N/C=C(\C(=N)N)c2ccccc2)c(C)c1. The number of nitrogens with two attached hydrogens (primary N) is 1. The molecule has 2 aromatic carbocycles. The second kappa shape index (κ2) is 6.27. The topological polar surface area (TPSA) is 61.9 Å². The molecule has 0 radical (unpaired) electrons. The molecule has 2 aromatic rings. The maximum absolute atomic E-state index is 7.77. The third-order valence-electron chi connectivity index (χ3n) is 3.41. The molecule has 2 rings (SSSR count). The minimum Gasteiger partial charge on any atom is -0.384 e. The standard InChI is InChI=1S/C18H21N3/c1-12-9-13(2)17(14(3)10-12)21-11-16(18(19)20)15-7-5-4-6-8-15/h4-11,21H,1-3H3,(H3,19,20)/b16-11-. The molecule has 0 aliphatic carbocycles. The molecule has 0 saturated carbocycles. The molecule has 0 aromatic heterocycles. The quantitative estimate of drug-likeness (QED) is 0.585. The first-order chi connectivity index (χ1) is 9.99. The predicted molar refractivity (Wildman–Crippen MR) is 90.6 cm³/mol. The summed E-state index contributed by atoms with van der Waals surface area (Å²) in [4.78, 5) is 0. The summed E-state index contributed by atoms with van der Waals surface area (Å²) >= 11 is 0. The first-order valence-corrected chi connectivity index (χ1v) is 6.93. The molecule has 0 atom stereocenters. The van der Waals surface area contributed by atoms with E-state index in [4.69, 9.17) is 11.1 Å². The van der Waals surface area contributed by atoms with Crippen molar-refractivity contribution in [2.24, 2.45) is 5.73 Å². The van der Waals surface area contributed by atoms with E-state index in [1.54, 1.807) is 0 Å². The average molecular weight is 279 g/mol. The van der Waals surface area contributed by atoms with Crippen LogP contribution in [0.3, 0.4) is 0 Å². The first kappa shape index (κ1) is 14.9. The number of rotatable bonds is 4. The van der Waals surface area contributed by atoms with Gasteiger partial charge >= 0.3 is 0 Å². The summed E-state index contributed by atoms with van der Waals surface area (Å²) in [6.07, 6.45) is 1.81. The molecule has 0 unspecified atom stereocenters. The van der Waals surface area contributed by atoms with Crippen molar-refractivity contribution in [1.29, 1.82) is 5.41 Å². The lowest BCUT2D eigenvalue weighted by atomic mass is 10.0. The summed E-state index contributed by atoms with van der Waals surface area (Å²) < 4.78 is 0. The Labute approximate surface area is 126 Å². The highest BCUT2D eigenvalue weighted by Gasteiger charge is 2.06. The minimum absolute atomic E-state index is 0.0520. The van der Waals surface area contributed by atoms with Crippen molar-refractivity contribution in [2.45, 2.75) is 20.8 Å². The van der Waals surface area contributed by atoms with Gasteiger partial charge in [0.1, 0.15) is 5.84 Å². The number of hydrogen-bond acceptors (Lipinski definition) is 2. The molecular formula is C18H21N3. The number of amidine groups is 1. The average Bonchev–Trinajstić information content (AvgIpc) is 2.42. The molecule has 3 nitrogen and oxygen atoms in total. The van der Waals surface area contributed by atoms with Gasteiger partial charge in [-0.25, -0.2) is 0 Å². The van der Waals surface area contributed by atoms with Crippen molar-refractivity contribution in [3.63, 3.8) is 0 Å². The van der Waals surface area contributed by atoms with Gasteiger partial charge < -0.3 is 11.1 Å². The Bertz CT molecular complexity index is 662. The number of hydrogen-bond donors (Lipinski definition) is 3. The Hall–Kier alpha value is -2.55. The van der Waals surface area contributed by atoms with Gasteiger partial charge in [0.25, 0.3) is 0 Å². The van der Waals surface area contributed by atoms with Crippen molar-refractivity contribution < 1.29 is 0 Å². The normalized spacial score (nSPS) is 11.3. The van der Waals surface area contributed by atoms with Crippen LogP contribution in [0.25, 0.3) is 5.57 Å². The summed E-state index contributed by atoms with van der Waals surface area (Å²) in [5.41, 5.74) is 12.0. The van der Waals surface area contributed by atoms with Gasteiger partial charge in [-0.05, 0) is 37.5 Å². The highest BCUT2D eigenvalue weighted by atomic mass is 14.9. The molecule has 4 N–H and O–H groups in total. The van der Waals surface area contributed by atoms with E-state index >= 15 is 0 Å². The van der Waals surface area contributed by atoms with Crippen molar-refractivity contribution >= 4 is 17.1 Å². The molecule has 0 spiro atoms. The van der Waals surface area contributed by atoms with Crippen LogP contribution in [-0.4, -0.2) is 5.84 Å². The van der Waals surface area contributed by atoms with E-state index in [0.717, 1.165) is 11.3 Å². The molecule has 3 heteroatoms. The van der Waals surface area contributed by atoms with Crippen LogP contribution < -0.4 is 11.1 Å². The predicted octanol–water partition coefficient (Wildman–Crippen LogP) is 4.00. The van der Waals surface area contributed by atoms with E-state index in [2.05, 4.69) is 38.2 Å². The Kier molecular flexibility index (Phi) is 4.43. The maximum Gasteiger partial charge on any atom is 0.124 e. The molecular weight excluding hydrogens is 258 g/mol. The van der Waals surface area contributed by atoms with Crippen LogP contribution >= 0.6 is 0 Å². The van der Waals surface area contributed by atoms with Gasteiger partial charge in [0, 0.05) is 17.5 Å². The van der Waals surface area contributed by atoms with Crippen LogP contribution in [0, 0.1) is 26.2 Å². The fourth-order valence-corrected chi connectivity index (χ4v) is 2.49. The summed E-state index contributed by atoms with van der Waals surface area (Å²) in [6, 6.07) is 14.0. The number of anilines is 1. The van der Waals surface area contributed by atoms with Gasteiger partial charge in [-0.3, -0.25) is 5.41 Å². The third kappa shape index (κ3) is 3.51. The lowest BCUT2D eigenvalue weighted by Crippen LogP contribution is -2.13. The van der Waals surface area contributed by atoms with E-state index in [0.29, 0.717) is 5.57 Å². The molecule has 0 amide bonds. The highest BCUT2D eigenvalue weighted by molar-refractivity contribution is 6.20. The zero-order chi connectivity index (χ0) is 15.4. The zero-order valence-electron chi connectivity index (χ0n) is 12.7. The van der Waals surface area contributed by atoms with Crippen molar-refractivity contribution in [2.75, 3.05) is 5.32 Å². The van der Waals surface area contributed by atoms with Crippen LogP contribution in [0.4, 0.5) is 5.69 Å². The van der Waals surface area contributed by atoms with Crippen molar-refractivity contribution in [3.8, 4) is 0 Å². The second-order valence-electron chi connectivity index (χ2n) is 5.26. The number of benzene rings is 2. The van der Waals surface area contributed by atoms with Crippen LogP contribution in [0.15, 0.2) is 48.7 Å². The zero-order valence-corrected chi connectivity index (χ0v) is 12.7. The lowest BCUT2D eigenvalue weighted by molar-refractivity contribution is 1.31. The molecule has 0 heterocycles. The van der Waals surface area contributed by atoms with Crippen LogP contribution in [0.2, 0.25) is 0 Å². The highest BCUT2D eigenvalue weighted by Crippen LogP contribution is 2.23. The van der Waals surface area contributed by atoms with Crippen LogP contribution in [0.5, 0.6) is 0 Å². The molecule has 0 aliphatic heterocycles. The summed E-state index contributed by atoms with van der Waals surface area (Å²) in [7, 11) is 0. The monoisotopic (exact) mass is 279 g/mol. The molecule has 21 heavy (non-hydrogen) atoms. The van der Waals surface area contributed by atoms with E-state index in [1.807, 2.05) is 36.5 Å². The van der Waals surface area contributed by atoms with Gasteiger partial charge in [0.2, 0.25) is 0 Å². The maximum atomic E-state index is 7.77. The van der Waals surface area contributed by atoms with Gasteiger partial charge in [0.15, 0.2) is 0 Å². The van der Waals surface area contributed by atoms with Crippen LogP contribution in [0.1, 0.15) is 22.3 Å². The molecule has 0 saturated heterocycles. The number of nitrogens with one attached hydrogen (secondary N) is 2. The first-order valence-electron chi connectivity index (χ1n) is 6.93. The second-order valence-corrected chi connectivity index (χ2v) is 5.26. The Morgan fingerprint density at radius 3 is 2.14 bits per heavy atom. The van der Waals surface area contributed by atoms with Gasteiger partial charge in [0.05, 0.1) is 0 Å². The van der Waals surface area contributed by atoms with Gasteiger partial charge in [-0.1, -0.05) is 48.0 Å². The third-order valence-corrected chi connectivity index (χ3v) is 3.41. The Morgan fingerprint density at radius 1 is 1.05 bits per heavy atom. The Balaban J connectivity index is 2.36. The Morgan fingerprint density at radius 2 is 1.62 bits per heavy atom. The van der Waals surface area contributed by atoms with Crippen LogP contribution in [-0.2, 0) is 0 Å². The molecule has 0 fully saturated rings. The summed E-state index contributed by atoms with van der Waals surface area (Å²) in [5, 5.41) is 11.1. The van der Waals surface area contributed by atoms with Gasteiger partial charge in [-0.15, -0.1) is 0 Å². The van der Waals surface area contributed by atoms with E-state index in [9.17, 15) is 0 Å². The fourth-order valence-electron chi connectivity index (χ4n) is 2.49. The molecule has 108 valence electrons. The minimum atomic E-state index is 0.0520. The van der Waals surface area contributed by atoms with Gasteiger partial charge in [-0.2, -0.15) is 0 Å². The molecule has 0 aliphatic rings. The van der Waals surface area contributed by atoms with E-state index < -0.39 is 0 Å².